The fourth-order valence-corrected chi connectivity index (χ4v) is 4.69. The molecule has 3 heterocycles. The molecule has 7 nitrogen and oxygen atoms in total. The summed E-state index contributed by atoms with van der Waals surface area (Å²) >= 11 is 0. The zero-order chi connectivity index (χ0) is 19.5. The summed E-state index contributed by atoms with van der Waals surface area (Å²) < 4.78 is 1.87. The first-order valence-electron chi connectivity index (χ1n) is 10.9. The van der Waals surface area contributed by atoms with Crippen molar-refractivity contribution in [1.29, 1.82) is 0 Å². The Kier molecular flexibility index (Phi) is 5.99. The number of likely N-dealkylation sites (tertiary alicyclic amines) is 2. The topological polar surface area (TPSA) is 61.7 Å². The number of piperidine rings is 2. The van der Waals surface area contributed by atoms with Crippen LogP contribution in [0, 0.1) is 11.8 Å². The number of rotatable bonds is 6. The number of likely N-dealkylation sites (N-methyl/N-ethyl adjacent to an activating group) is 1. The van der Waals surface area contributed by atoms with Gasteiger partial charge in [0.1, 0.15) is 0 Å². The normalized spacial score (nSPS) is 24.3. The standard InChI is InChI=1S/C21H33N5O2/c1-23(14-15-26-11-3-9-22-26)20(27)18-4-2-10-25(16-18)19-7-12-24(13-8-19)21(28)17-5-6-17/h3,9,11,17-19H,2,4-8,10,12-16H2,1H3. The molecular formula is C21H33N5O2. The molecule has 0 radical (unpaired) electrons. The molecule has 1 aliphatic carbocycles. The maximum Gasteiger partial charge on any atom is 0.226 e. The van der Waals surface area contributed by atoms with E-state index < -0.39 is 0 Å². The summed E-state index contributed by atoms with van der Waals surface area (Å²) in [6.45, 7) is 5.16. The lowest BCUT2D eigenvalue weighted by Gasteiger charge is -2.42. The van der Waals surface area contributed by atoms with E-state index in [2.05, 4.69) is 14.9 Å². The number of hydrogen-bond acceptors (Lipinski definition) is 4. The number of carbonyl (C=O) groups is 2. The summed E-state index contributed by atoms with van der Waals surface area (Å²) in [6.07, 6.45) is 10.0. The molecule has 0 N–H and O–H groups in total. The fraction of sp³-hybridized carbons (Fsp3) is 0.762. The lowest BCUT2D eigenvalue weighted by Crippen LogP contribution is -2.52. The summed E-state index contributed by atoms with van der Waals surface area (Å²) in [5.74, 6) is 1.07. The van der Waals surface area contributed by atoms with Gasteiger partial charge in [-0.15, -0.1) is 0 Å². The van der Waals surface area contributed by atoms with Gasteiger partial charge in [-0.3, -0.25) is 19.2 Å². The third-order valence-corrected chi connectivity index (χ3v) is 6.62. The molecule has 4 rings (SSSR count). The van der Waals surface area contributed by atoms with Crippen LogP contribution in [0.5, 0.6) is 0 Å². The van der Waals surface area contributed by atoms with E-state index in [1.807, 2.05) is 28.9 Å². The second kappa shape index (κ2) is 8.64. The van der Waals surface area contributed by atoms with Gasteiger partial charge in [0.05, 0.1) is 12.5 Å². The lowest BCUT2D eigenvalue weighted by atomic mass is 9.93. The first-order valence-corrected chi connectivity index (χ1v) is 10.9. The van der Waals surface area contributed by atoms with Gasteiger partial charge in [-0.05, 0) is 51.1 Å². The Bertz CT molecular complexity index is 664. The maximum atomic E-state index is 12.9. The molecule has 1 saturated carbocycles. The van der Waals surface area contributed by atoms with Crippen molar-refractivity contribution in [2.45, 2.75) is 51.1 Å². The van der Waals surface area contributed by atoms with Crippen molar-refractivity contribution >= 4 is 11.8 Å². The van der Waals surface area contributed by atoms with Crippen molar-refractivity contribution in [2.75, 3.05) is 39.8 Å². The van der Waals surface area contributed by atoms with E-state index in [9.17, 15) is 9.59 Å². The van der Waals surface area contributed by atoms with E-state index in [0.717, 1.165) is 71.2 Å². The molecule has 0 aromatic carbocycles. The highest BCUT2D eigenvalue weighted by Crippen LogP contribution is 2.32. The van der Waals surface area contributed by atoms with Crippen molar-refractivity contribution in [2.24, 2.45) is 11.8 Å². The number of carbonyl (C=O) groups excluding carboxylic acids is 2. The van der Waals surface area contributed by atoms with Gasteiger partial charge in [-0.25, -0.2) is 0 Å². The number of aromatic nitrogens is 2. The van der Waals surface area contributed by atoms with Crippen molar-refractivity contribution < 1.29 is 9.59 Å². The Morgan fingerprint density at radius 2 is 1.86 bits per heavy atom. The van der Waals surface area contributed by atoms with Gasteiger partial charge in [-0.1, -0.05) is 0 Å². The van der Waals surface area contributed by atoms with Crippen molar-refractivity contribution in [3.05, 3.63) is 18.5 Å². The highest BCUT2D eigenvalue weighted by atomic mass is 16.2. The minimum atomic E-state index is 0.0995. The molecule has 1 aromatic rings. The summed E-state index contributed by atoms with van der Waals surface area (Å²) in [5.41, 5.74) is 0. The zero-order valence-electron chi connectivity index (χ0n) is 17.0. The van der Waals surface area contributed by atoms with Crippen LogP contribution >= 0.6 is 0 Å². The molecule has 2 amide bonds. The number of nitrogens with zero attached hydrogens (tertiary/aromatic N) is 5. The molecule has 28 heavy (non-hydrogen) atoms. The largest absolute Gasteiger partial charge is 0.344 e. The first kappa shape index (κ1) is 19.4. The smallest absolute Gasteiger partial charge is 0.226 e. The zero-order valence-corrected chi connectivity index (χ0v) is 17.0. The van der Waals surface area contributed by atoms with E-state index in [-0.39, 0.29) is 11.8 Å². The summed E-state index contributed by atoms with van der Waals surface area (Å²) in [6, 6.07) is 2.43. The van der Waals surface area contributed by atoms with Gasteiger partial charge in [0.15, 0.2) is 0 Å². The van der Waals surface area contributed by atoms with Crippen LogP contribution in [0.1, 0.15) is 38.5 Å². The molecule has 3 fully saturated rings. The van der Waals surface area contributed by atoms with Crippen molar-refractivity contribution in [1.82, 2.24) is 24.5 Å². The van der Waals surface area contributed by atoms with Crippen LogP contribution in [0.3, 0.4) is 0 Å². The number of hydrogen-bond donors (Lipinski definition) is 0. The minimum Gasteiger partial charge on any atom is -0.344 e. The second-order valence-electron chi connectivity index (χ2n) is 8.69. The van der Waals surface area contributed by atoms with Gasteiger partial charge in [0.25, 0.3) is 0 Å². The average Bonchev–Trinajstić information content (AvgIpc) is 3.46. The molecule has 0 spiro atoms. The predicted molar refractivity (Wildman–Crippen MR) is 106 cm³/mol. The Hall–Kier alpha value is -1.89. The monoisotopic (exact) mass is 387 g/mol. The third-order valence-electron chi connectivity index (χ3n) is 6.62. The van der Waals surface area contributed by atoms with E-state index in [4.69, 9.17) is 0 Å². The van der Waals surface area contributed by atoms with Crippen LogP contribution in [-0.4, -0.2) is 82.1 Å². The highest BCUT2D eigenvalue weighted by molar-refractivity contribution is 5.81. The molecule has 154 valence electrons. The molecular weight excluding hydrogens is 354 g/mol. The summed E-state index contributed by atoms with van der Waals surface area (Å²) in [5, 5.41) is 4.21. The molecule has 2 saturated heterocycles. The summed E-state index contributed by atoms with van der Waals surface area (Å²) in [4.78, 5) is 31.6. The van der Waals surface area contributed by atoms with E-state index in [1.165, 1.54) is 0 Å². The van der Waals surface area contributed by atoms with Gasteiger partial charge < -0.3 is 9.80 Å². The average molecular weight is 388 g/mol. The predicted octanol–water partition coefficient (Wildman–Crippen LogP) is 1.45. The van der Waals surface area contributed by atoms with Crippen molar-refractivity contribution in [3.8, 4) is 0 Å². The Morgan fingerprint density at radius 1 is 1.07 bits per heavy atom. The maximum absolute atomic E-state index is 12.9. The molecule has 1 unspecified atom stereocenters. The van der Waals surface area contributed by atoms with Crippen LogP contribution in [-0.2, 0) is 16.1 Å². The lowest BCUT2D eigenvalue weighted by molar-refractivity contribution is -0.136. The molecule has 2 aliphatic heterocycles. The molecule has 0 bridgehead atoms. The minimum absolute atomic E-state index is 0.0995. The SMILES string of the molecule is CN(CCn1cccn1)C(=O)C1CCCN(C2CCN(C(=O)C3CC3)CC2)C1. The van der Waals surface area contributed by atoms with E-state index in [0.29, 0.717) is 24.4 Å². The van der Waals surface area contributed by atoms with E-state index in [1.54, 1.807) is 6.20 Å². The Labute approximate surface area is 167 Å². The fourth-order valence-electron chi connectivity index (χ4n) is 4.69. The Balaban J connectivity index is 1.24. The van der Waals surface area contributed by atoms with Gasteiger partial charge >= 0.3 is 0 Å². The van der Waals surface area contributed by atoms with Crippen LogP contribution in [0.4, 0.5) is 0 Å². The summed E-state index contributed by atoms with van der Waals surface area (Å²) in [7, 11) is 1.91. The van der Waals surface area contributed by atoms with Crippen LogP contribution < -0.4 is 0 Å². The highest BCUT2D eigenvalue weighted by Gasteiger charge is 2.37. The number of amides is 2. The van der Waals surface area contributed by atoms with Crippen LogP contribution in [0.2, 0.25) is 0 Å². The van der Waals surface area contributed by atoms with Crippen molar-refractivity contribution in [3.63, 3.8) is 0 Å². The molecule has 7 heteroatoms. The Morgan fingerprint density at radius 3 is 2.54 bits per heavy atom. The quantitative estimate of drug-likeness (QED) is 0.741. The molecule has 3 aliphatic rings. The first-order chi connectivity index (χ1) is 13.6. The second-order valence-corrected chi connectivity index (χ2v) is 8.69. The molecule has 1 atom stereocenters. The van der Waals surface area contributed by atoms with Crippen LogP contribution in [0.25, 0.3) is 0 Å². The third kappa shape index (κ3) is 4.57. The molecule has 1 aromatic heterocycles. The van der Waals surface area contributed by atoms with E-state index >= 15 is 0 Å². The van der Waals surface area contributed by atoms with Crippen LogP contribution in [0.15, 0.2) is 18.5 Å². The van der Waals surface area contributed by atoms with Gasteiger partial charge in [0.2, 0.25) is 11.8 Å². The van der Waals surface area contributed by atoms with Gasteiger partial charge in [0, 0.05) is 57.6 Å². The van der Waals surface area contributed by atoms with Gasteiger partial charge in [-0.2, -0.15) is 5.10 Å².